The molecule has 0 saturated heterocycles. The Kier molecular flexibility index (Phi) is 9.62. The molecule has 0 unspecified atom stereocenters. The number of halogens is 2. The molecule has 1 aromatic carbocycles. The molecule has 0 amide bonds. The number of nitrogens with one attached hydrogen (secondary N) is 2. The van der Waals surface area contributed by atoms with E-state index in [2.05, 4.69) is 21.9 Å². The number of guanidine groups is 1. The zero-order chi connectivity index (χ0) is 16.2. The van der Waals surface area contributed by atoms with Gasteiger partial charge in [-0.3, -0.25) is 4.99 Å². The van der Waals surface area contributed by atoms with Crippen molar-refractivity contribution in [3.05, 3.63) is 35.4 Å². The van der Waals surface area contributed by atoms with E-state index >= 15 is 0 Å². The van der Waals surface area contributed by atoms with Crippen LogP contribution < -0.4 is 10.6 Å². The van der Waals surface area contributed by atoms with Gasteiger partial charge in [0.1, 0.15) is 0 Å². The summed E-state index contributed by atoms with van der Waals surface area (Å²) in [6, 6.07) is 4.26. The normalized spacial score (nSPS) is 11.5. The topological polar surface area (TPSA) is 36.4 Å². The highest BCUT2D eigenvalue weighted by Gasteiger charge is 2.07. The molecule has 1 rings (SSSR count). The quantitative estimate of drug-likeness (QED) is 0.415. The maximum atomic E-state index is 13.5. The molecule has 124 valence electrons. The second kappa shape index (κ2) is 11.3. The van der Waals surface area contributed by atoms with Gasteiger partial charge in [-0.05, 0) is 49.8 Å². The average molecular weight is 329 g/mol. The number of hydrogen-bond acceptors (Lipinski definition) is 2. The first-order valence-corrected chi connectivity index (χ1v) is 9.02. The molecule has 2 N–H and O–H groups in total. The zero-order valence-corrected chi connectivity index (χ0v) is 14.1. The van der Waals surface area contributed by atoms with Gasteiger partial charge in [0.15, 0.2) is 17.6 Å². The number of rotatable bonds is 9. The first-order valence-electron chi connectivity index (χ1n) is 7.63. The van der Waals surface area contributed by atoms with Gasteiger partial charge in [0.2, 0.25) is 0 Å². The first kappa shape index (κ1) is 18.7. The highest BCUT2D eigenvalue weighted by molar-refractivity contribution is 7.98. The number of thioether (sulfide) groups is 1. The van der Waals surface area contributed by atoms with Crippen molar-refractivity contribution in [2.45, 2.75) is 26.2 Å². The van der Waals surface area contributed by atoms with E-state index in [1.807, 2.05) is 18.7 Å². The second-order valence-electron chi connectivity index (χ2n) is 4.85. The summed E-state index contributed by atoms with van der Waals surface area (Å²) < 4.78 is 26.7. The lowest BCUT2D eigenvalue weighted by molar-refractivity contribution is 0.498. The maximum absolute atomic E-state index is 13.5. The van der Waals surface area contributed by atoms with Gasteiger partial charge in [0, 0.05) is 19.6 Å². The molecule has 0 spiro atoms. The number of aliphatic imine (C=N–C) groups is 1. The Balaban J connectivity index is 2.40. The molecule has 6 heteroatoms. The van der Waals surface area contributed by atoms with Crippen LogP contribution in [0.4, 0.5) is 8.78 Å². The van der Waals surface area contributed by atoms with E-state index in [0.717, 1.165) is 43.7 Å². The summed E-state index contributed by atoms with van der Waals surface area (Å²) in [7, 11) is 0. The molecule has 0 heterocycles. The molecule has 0 aliphatic carbocycles. The minimum absolute atomic E-state index is 0.378. The van der Waals surface area contributed by atoms with Crippen molar-refractivity contribution in [2.24, 2.45) is 4.99 Å². The average Bonchev–Trinajstić information content (AvgIpc) is 2.51. The number of unbranched alkanes of at least 4 members (excludes halogenated alkanes) is 1. The largest absolute Gasteiger partial charge is 0.357 e. The predicted molar refractivity (Wildman–Crippen MR) is 91.7 cm³/mol. The van der Waals surface area contributed by atoms with E-state index in [-0.39, 0.29) is 0 Å². The van der Waals surface area contributed by atoms with E-state index in [0.29, 0.717) is 18.5 Å². The summed E-state index contributed by atoms with van der Waals surface area (Å²) in [5.41, 5.74) is 0.378. The Morgan fingerprint density at radius 1 is 1.23 bits per heavy atom. The lowest BCUT2D eigenvalue weighted by Gasteiger charge is -2.11. The summed E-state index contributed by atoms with van der Waals surface area (Å²) >= 11 is 1.84. The zero-order valence-electron chi connectivity index (χ0n) is 13.3. The van der Waals surface area contributed by atoms with Crippen LogP contribution in [0.15, 0.2) is 23.2 Å². The third-order valence-corrected chi connectivity index (χ3v) is 3.79. The second-order valence-corrected chi connectivity index (χ2v) is 5.84. The van der Waals surface area contributed by atoms with Crippen molar-refractivity contribution in [1.82, 2.24) is 10.6 Å². The molecule has 0 atom stereocenters. The minimum atomic E-state index is -0.799. The molecule has 1 aromatic rings. The fourth-order valence-corrected chi connectivity index (χ4v) is 2.44. The van der Waals surface area contributed by atoms with E-state index < -0.39 is 11.6 Å². The summed E-state index contributed by atoms with van der Waals surface area (Å²) in [5.74, 6) is 0.317. The third-order valence-electron chi connectivity index (χ3n) is 3.09. The minimum Gasteiger partial charge on any atom is -0.357 e. The monoisotopic (exact) mass is 329 g/mol. The van der Waals surface area contributed by atoms with Gasteiger partial charge in [0.25, 0.3) is 0 Å². The SMILES string of the molecule is CCNC(=NCCCCSC)NCCc1cccc(F)c1F. The molecule has 0 aliphatic heterocycles. The molecule has 0 bridgehead atoms. The van der Waals surface area contributed by atoms with Crippen molar-refractivity contribution >= 4 is 17.7 Å². The van der Waals surface area contributed by atoms with E-state index in [1.165, 1.54) is 6.07 Å². The van der Waals surface area contributed by atoms with Crippen molar-refractivity contribution in [2.75, 3.05) is 31.6 Å². The molecular formula is C16H25F2N3S. The molecule has 0 radical (unpaired) electrons. The van der Waals surface area contributed by atoms with Gasteiger partial charge >= 0.3 is 0 Å². The first-order chi connectivity index (χ1) is 10.7. The maximum Gasteiger partial charge on any atom is 0.191 e. The van der Waals surface area contributed by atoms with Crippen molar-refractivity contribution in [1.29, 1.82) is 0 Å². The Hall–Kier alpha value is -1.30. The van der Waals surface area contributed by atoms with Crippen molar-refractivity contribution < 1.29 is 8.78 Å². The highest BCUT2D eigenvalue weighted by atomic mass is 32.2. The Labute approximate surface area is 136 Å². The van der Waals surface area contributed by atoms with E-state index in [1.54, 1.807) is 6.07 Å². The molecule has 0 aromatic heterocycles. The lowest BCUT2D eigenvalue weighted by atomic mass is 10.1. The van der Waals surface area contributed by atoms with Crippen LogP contribution in [-0.2, 0) is 6.42 Å². The fourth-order valence-electron chi connectivity index (χ4n) is 1.95. The van der Waals surface area contributed by atoms with Crippen molar-refractivity contribution in [3.8, 4) is 0 Å². The van der Waals surface area contributed by atoms with Crippen LogP contribution in [0.1, 0.15) is 25.3 Å². The molecule has 3 nitrogen and oxygen atoms in total. The number of hydrogen-bond donors (Lipinski definition) is 2. The Bertz CT molecular complexity index is 467. The summed E-state index contributed by atoms with van der Waals surface area (Å²) in [6.45, 7) is 4.05. The fraction of sp³-hybridized carbons (Fsp3) is 0.562. The number of nitrogens with zero attached hydrogens (tertiary/aromatic N) is 1. The van der Waals surface area contributed by atoms with Gasteiger partial charge < -0.3 is 10.6 Å². The summed E-state index contributed by atoms with van der Waals surface area (Å²) in [4.78, 5) is 4.47. The van der Waals surface area contributed by atoms with E-state index in [9.17, 15) is 8.78 Å². The lowest BCUT2D eigenvalue weighted by Crippen LogP contribution is -2.38. The molecular weight excluding hydrogens is 304 g/mol. The van der Waals surface area contributed by atoms with Crippen LogP contribution in [0.5, 0.6) is 0 Å². The van der Waals surface area contributed by atoms with Gasteiger partial charge in [-0.15, -0.1) is 0 Å². The molecule has 0 saturated carbocycles. The van der Waals surface area contributed by atoms with Crippen LogP contribution >= 0.6 is 11.8 Å². The standard InChI is InChI=1S/C16H25F2N3S/c1-3-19-16(20-10-4-5-12-22-2)21-11-9-13-7-6-8-14(17)15(13)18/h6-8H,3-5,9-12H2,1-2H3,(H2,19,20,21). The Morgan fingerprint density at radius 3 is 2.77 bits per heavy atom. The molecule has 0 fully saturated rings. The van der Waals surface area contributed by atoms with Gasteiger partial charge in [-0.1, -0.05) is 12.1 Å². The number of benzene rings is 1. The highest BCUT2D eigenvalue weighted by Crippen LogP contribution is 2.11. The van der Waals surface area contributed by atoms with Gasteiger partial charge in [-0.25, -0.2) is 8.78 Å². The van der Waals surface area contributed by atoms with Gasteiger partial charge in [0.05, 0.1) is 0 Å². The van der Waals surface area contributed by atoms with Crippen LogP contribution in [0.25, 0.3) is 0 Å². The third kappa shape index (κ3) is 7.11. The van der Waals surface area contributed by atoms with Crippen LogP contribution in [0.3, 0.4) is 0 Å². The van der Waals surface area contributed by atoms with Crippen LogP contribution in [0, 0.1) is 11.6 Å². The van der Waals surface area contributed by atoms with Crippen LogP contribution in [0.2, 0.25) is 0 Å². The van der Waals surface area contributed by atoms with Crippen LogP contribution in [-0.4, -0.2) is 37.6 Å². The molecule has 0 aliphatic rings. The Morgan fingerprint density at radius 2 is 2.05 bits per heavy atom. The van der Waals surface area contributed by atoms with Crippen molar-refractivity contribution in [3.63, 3.8) is 0 Å². The molecule has 22 heavy (non-hydrogen) atoms. The smallest absolute Gasteiger partial charge is 0.191 e. The summed E-state index contributed by atoms with van der Waals surface area (Å²) in [6.07, 6.45) is 4.72. The van der Waals surface area contributed by atoms with Gasteiger partial charge in [-0.2, -0.15) is 11.8 Å². The summed E-state index contributed by atoms with van der Waals surface area (Å²) in [5, 5.41) is 6.30. The predicted octanol–water partition coefficient (Wildman–Crippen LogP) is 3.21. The van der Waals surface area contributed by atoms with E-state index in [4.69, 9.17) is 0 Å².